The molecule has 0 aliphatic carbocycles. The topological polar surface area (TPSA) is 79.1 Å². The molecule has 0 saturated heterocycles. The summed E-state index contributed by atoms with van der Waals surface area (Å²) >= 11 is 1.27. The van der Waals surface area contributed by atoms with Gasteiger partial charge in [0, 0.05) is 5.56 Å². The lowest BCUT2D eigenvalue weighted by Crippen LogP contribution is -2.39. The number of aromatic nitrogens is 1. The van der Waals surface area contributed by atoms with Crippen LogP contribution in [0.5, 0.6) is 11.5 Å². The molecule has 0 radical (unpaired) electrons. The highest BCUT2D eigenvalue weighted by atomic mass is 32.1. The van der Waals surface area contributed by atoms with E-state index in [0.29, 0.717) is 37.7 Å². The van der Waals surface area contributed by atoms with Gasteiger partial charge in [-0.1, -0.05) is 41.2 Å². The van der Waals surface area contributed by atoms with Gasteiger partial charge in [-0.05, 0) is 50.6 Å². The Kier molecular flexibility index (Phi) is 6.70. The molecule has 0 fully saturated rings. The third kappa shape index (κ3) is 4.28. The van der Waals surface area contributed by atoms with Crippen molar-refractivity contribution in [3.05, 3.63) is 90.1 Å². The largest absolute Gasteiger partial charge is 0.497 e. The van der Waals surface area contributed by atoms with Gasteiger partial charge in [0.05, 0.1) is 42.7 Å². The molecule has 1 aliphatic rings. The van der Waals surface area contributed by atoms with Crippen molar-refractivity contribution in [1.82, 2.24) is 4.57 Å². The zero-order valence-electron chi connectivity index (χ0n) is 19.7. The third-order valence-corrected chi connectivity index (χ3v) is 6.62. The number of fused-ring (bicyclic) bond motifs is 1. The lowest BCUT2D eigenvalue weighted by atomic mass is 9.95. The van der Waals surface area contributed by atoms with Crippen molar-refractivity contribution in [2.24, 2.45) is 4.99 Å². The second-order valence-electron chi connectivity index (χ2n) is 7.82. The van der Waals surface area contributed by atoms with Crippen LogP contribution in [0, 0.1) is 6.92 Å². The Labute approximate surface area is 201 Å². The van der Waals surface area contributed by atoms with Gasteiger partial charge in [0.2, 0.25) is 0 Å². The molecule has 2 heterocycles. The van der Waals surface area contributed by atoms with Gasteiger partial charge in [0.1, 0.15) is 11.5 Å². The number of carbonyl (C=O) groups is 1. The van der Waals surface area contributed by atoms with Gasteiger partial charge in [0.25, 0.3) is 5.56 Å². The fraction of sp³-hybridized carbons (Fsp3) is 0.269. The van der Waals surface area contributed by atoms with E-state index in [-0.39, 0.29) is 12.2 Å². The number of ether oxygens (including phenoxy) is 3. The molecule has 7 nitrogen and oxygen atoms in total. The minimum atomic E-state index is -0.634. The molecule has 3 aromatic rings. The Morgan fingerprint density at radius 1 is 1.12 bits per heavy atom. The minimum Gasteiger partial charge on any atom is -0.497 e. The molecule has 1 aromatic heterocycles. The summed E-state index contributed by atoms with van der Waals surface area (Å²) in [6, 6.07) is 12.5. The highest BCUT2D eigenvalue weighted by molar-refractivity contribution is 7.07. The van der Waals surface area contributed by atoms with Crippen molar-refractivity contribution in [2.45, 2.75) is 26.8 Å². The number of hydrogen-bond acceptors (Lipinski definition) is 7. The first-order valence-electron chi connectivity index (χ1n) is 10.9. The molecule has 0 bridgehead atoms. The molecular weight excluding hydrogens is 452 g/mol. The van der Waals surface area contributed by atoms with Crippen LogP contribution in [0.1, 0.15) is 36.6 Å². The molecule has 0 spiro atoms. The molecule has 2 aromatic carbocycles. The van der Waals surface area contributed by atoms with Crippen molar-refractivity contribution in [3.8, 4) is 11.5 Å². The summed E-state index contributed by atoms with van der Waals surface area (Å²) in [5.41, 5.74) is 3.27. The van der Waals surface area contributed by atoms with Crippen molar-refractivity contribution in [2.75, 3.05) is 20.8 Å². The van der Waals surface area contributed by atoms with Crippen LogP contribution in [0.2, 0.25) is 0 Å². The smallest absolute Gasteiger partial charge is 0.338 e. The van der Waals surface area contributed by atoms with Crippen LogP contribution in [0.3, 0.4) is 0 Å². The molecule has 8 heteroatoms. The number of nitrogens with zero attached hydrogens (tertiary/aromatic N) is 2. The van der Waals surface area contributed by atoms with Crippen molar-refractivity contribution in [1.29, 1.82) is 0 Å². The maximum Gasteiger partial charge on any atom is 0.338 e. The van der Waals surface area contributed by atoms with Crippen molar-refractivity contribution < 1.29 is 19.0 Å². The highest BCUT2D eigenvalue weighted by Crippen LogP contribution is 2.31. The number of allylic oxidation sites excluding steroid dienone is 1. The molecule has 1 aliphatic heterocycles. The summed E-state index contributed by atoms with van der Waals surface area (Å²) in [5, 5.41) is 0. The molecule has 1 atom stereocenters. The zero-order chi connectivity index (χ0) is 24.4. The first-order valence-corrected chi connectivity index (χ1v) is 11.7. The van der Waals surface area contributed by atoms with E-state index in [0.717, 1.165) is 11.1 Å². The molecule has 176 valence electrons. The second-order valence-corrected chi connectivity index (χ2v) is 8.83. The average molecular weight is 479 g/mol. The normalized spacial score (nSPS) is 15.6. The van der Waals surface area contributed by atoms with Crippen LogP contribution < -0.4 is 24.4 Å². The lowest BCUT2D eigenvalue weighted by Gasteiger charge is -2.24. The number of methoxy groups -OCH3 is 2. The summed E-state index contributed by atoms with van der Waals surface area (Å²) in [7, 11) is 3.16. The Morgan fingerprint density at radius 3 is 2.50 bits per heavy atom. The van der Waals surface area contributed by atoms with Crippen molar-refractivity contribution in [3.63, 3.8) is 0 Å². The summed E-state index contributed by atoms with van der Waals surface area (Å²) < 4.78 is 18.2. The number of esters is 1. The summed E-state index contributed by atoms with van der Waals surface area (Å²) in [6.45, 7) is 5.75. The minimum absolute atomic E-state index is 0.232. The predicted octanol–water partition coefficient (Wildman–Crippen LogP) is 3.12. The van der Waals surface area contributed by atoms with E-state index >= 15 is 0 Å². The van der Waals surface area contributed by atoms with Crippen LogP contribution in [0.25, 0.3) is 6.08 Å². The second kappa shape index (κ2) is 9.69. The van der Waals surface area contributed by atoms with Crippen LogP contribution in [-0.2, 0) is 9.53 Å². The van der Waals surface area contributed by atoms with Gasteiger partial charge >= 0.3 is 5.97 Å². The van der Waals surface area contributed by atoms with E-state index in [2.05, 4.69) is 4.99 Å². The van der Waals surface area contributed by atoms with Gasteiger partial charge < -0.3 is 14.2 Å². The number of carbonyl (C=O) groups excluding carboxylic acids is 1. The number of hydrogen-bond donors (Lipinski definition) is 0. The molecule has 34 heavy (non-hydrogen) atoms. The van der Waals surface area contributed by atoms with Crippen molar-refractivity contribution >= 4 is 23.4 Å². The summed E-state index contributed by atoms with van der Waals surface area (Å²) in [5.74, 6) is 0.793. The number of thiazole rings is 1. The summed E-state index contributed by atoms with van der Waals surface area (Å²) in [4.78, 5) is 31.8. The van der Waals surface area contributed by atoms with E-state index in [9.17, 15) is 9.59 Å². The van der Waals surface area contributed by atoms with Gasteiger partial charge in [-0.3, -0.25) is 9.36 Å². The average Bonchev–Trinajstić information content (AvgIpc) is 3.13. The molecule has 0 unspecified atom stereocenters. The fourth-order valence-corrected chi connectivity index (χ4v) is 4.99. The van der Waals surface area contributed by atoms with E-state index in [1.807, 2.05) is 37.3 Å². The maximum absolute atomic E-state index is 13.7. The van der Waals surface area contributed by atoms with E-state index in [1.165, 1.54) is 11.3 Å². The van der Waals surface area contributed by atoms with Crippen LogP contribution >= 0.6 is 11.3 Å². The Bertz CT molecular complexity index is 1450. The monoisotopic (exact) mass is 478 g/mol. The van der Waals surface area contributed by atoms with Crippen LogP contribution in [0.15, 0.2) is 63.5 Å². The van der Waals surface area contributed by atoms with Gasteiger partial charge in [-0.25, -0.2) is 9.79 Å². The van der Waals surface area contributed by atoms with E-state index in [1.54, 1.807) is 50.8 Å². The van der Waals surface area contributed by atoms with Crippen LogP contribution in [-0.4, -0.2) is 31.4 Å². The van der Waals surface area contributed by atoms with Crippen LogP contribution in [0.4, 0.5) is 0 Å². The number of benzene rings is 2. The maximum atomic E-state index is 13.7. The number of rotatable bonds is 6. The van der Waals surface area contributed by atoms with E-state index in [4.69, 9.17) is 14.2 Å². The Balaban J connectivity index is 1.96. The predicted molar refractivity (Wildman–Crippen MR) is 131 cm³/mol. The first kappa shape index (κ1) is 23.5. The fourth-order valence-electron chi connectivity index (χ4n) is 3.95. The molecule has 0 saturated carbocycles. The van der Waals surface area contributed by atoms with Gasteiger partial charge in [0.15, 0.2) is 4.80 Å². The Morgan fingerprint density at radius 2 is 1.85 bits per heavy atom. The highest BCUT2D eigenvalue weighted by Gasteiger charge is 2.33. The SMILES string of the molecule is CCOC(=O)C1=C(C)N=c2s/c(=C\c3cc(OC)ccc3OC)c(=O)n2[C@H]1c1ccc(C)cc1. The van der Waals surface area contributed by atoms with Gasteiger partial charge in [-0.2, -0.15) is 0 Å². The molecule has 4 rings (SSSR count). The molecular formula is C26H26N2O5S. The quantitative estimate of drug-likeness (QED) is 0.509. The molecule has 0 amide bonds. The van der Waals surface area contributed by atoms with E-state index < -0.39 is 12.0 Å². The zero-order valence-corrected chi connectivity index (χ0v) is 20.6. The lowest BCUT2D eigenvalue weighted by molar-refractivity contribution is -0.139. The standard InChI is InChI=1S/C26H26N2O5S/c1-6-33-25(30)22-16(3)27-26-28(23(22)17-9-7-15(2)8-10-17)24(29)21(34-26)14-18-13-19(31-4)11-12-20(18)32-5/h7-14,23H,6H2,1-5H3/b21-14-/t23-/m0/s1. The third-order valence-electron chi connectivity index (χ3n) is 5.63. The van der Waals surface area contributed by atoms with Gasteiger partial charge in [-0.15, -0.1) is 0 Å². The summed E-state index contributed by atoms with van der Waals surface area (Å²) in [6.07, 6.45) is 1.76. The first-order chi connectivity index (χ1) is 16.4. The number of aryl methyl sites for hydroxylation is 1. The Hall–Kier alpha value is -3.65. The molecule has 0 N–H and O–H groups in total.